The number of nitriles is 1. The minimum atomic E-state index is 0.471. The highest BCUT2D eigenvalue weighted by Crippen LogP contribution is 2.31. The summed E-state index contributed by atoms with van der Waals surface area (Å²) in [7, 11) is 2.63. The van der Waals surface area contributed by atoms with Crippen LogP contribution in [0.2, 0.25) is 0 Å². The molecule has 3 aromatic heterocycles. The van der Waals surface area contributed by atoms with E-state index >= 15 is 0 Å². The number of pyridine rings is 2. The van der Waals surface area contributed by atoms with Crippen LogP contribution in [0.5, 0.6) is 0 Å². The van der Waals surface area contributed by atoms with Crippen LogP contribution in [-0.2, 0) is 0 Å². The first-order valence-electron chi connectivity index (χ1n) is 5.14. The molecule has 0 N–H and O–H groups in total. The number of aryl methyl sites for hydroxylation is 1. The largest absolute Gasteiger partial charge is 0.308 e. The second-order valence-electron chi connectivity index (χ2n) is 3.85. The Kier molecular flexibility index (Phi) is 2.10. The van der Waals surface area contributed by atoms with Gasteiger partial charge in [0, 0.05) is 17.0 Å². The second kappa shape index (κ2) is 3.51. The molecular formula is C12H9N4P. The fourth-order valence-electron chi connectivity index (χ4n) is 2.13. The van der Waals surface area contributed by atoms with Gasteiger partial charge in [0.05, 0.1) is 11.7 Å². The van der Waals surface area contributed by atoms with Gasteiger partial charge in [0.2, 0.25) is 0 Å². The average Bonchev–Trinajstić information content (AvgIpc) is 2.65. The molecule has 82 valence electrons. The molecule has 17 heavy (non-hydrogen) atoms. The molecule has 4 nitrogen and oxygen atoms in total. The highest BCUT2D eigenvalue weighted by atomic mass is 31.0. The summed E-state index contributed by atoms with van der Waals surface area (Å²) in [5.41, 5.74) is 3.23. The monoisotopic (exact) mass is 240 g/mol. The van der Waals surface area contributed by atoms with E-state index in [2.05, 4.69) is 25.4 Å². The topological polar surface area (TPSA) is 54.5 Å². The summed E-state index contributed by atoms with van der Waals surface area (Å²) < 4.78 is 1.92. The number of hydrogen-bond acceptors (Lipinski definition) is 3. The van der Waals surface area contributed by atoms with Crippen molar-refractivity contribution in [3.8, 4) is 6.07 Å². The standard InChI is InChI=1S/C12H9N4P/c1-7-9(5-13)15-6-10-11(7)8-3-2-4-14-12(8)16(10)17/h2-4,6H,17H2,1H3. The maximum atomic E-state index is 9.02. The molecule has 0 aliphatic carbocycles. The normalized spacial score (nSPS) is 10.9. The van der Waals surface area contributed by atoms with E-state index in [1.165, 1.54) is 0 Å². The molecule has 0 bridgehead atoms. The summed E-state index contributed by atoms with van der Waals surface area (Å²) >= 11 is 0. The van der Waals surface area contributed by atoms with Crippen LogP contribution in [0.15, 0.2) is 24.5 Å². The molecule has 3 aromatic rings. The Morgan fingerprint density at radius 2 is 2.24 bits per heavy atom. The van der Waals surface area contributed by atoms with Gasteiger partial charge in [-0.15, -0.1) is 0 Å². The van der Waals surface area contributed by atoms with Crippen molar-refractivity contribution in [3.05, 3.63) is 35.8 Å². The summed E-state index contributed by atoms with van der Waals surface area (Å²) in [5, 5.41) is 11.1. The van der Waals surface area contributed by atoms with Crippen LogP contribution < -0.4 is 0 Å². The highest BCUT2D eigenvalue weighted by molar-refractivity contribution is 7.15. The van der Waals surface area contributed by atoms with E-state index in [4.69, 9.17) is 5.26 Å². The molecule has 0 fully saturated rings. The Labute approximate surface area is 100 Å². The van der Waals surface area contributed by atoms with Crippen LogP contribution in [-0.4, -0.2) is 14.3 Å². The van der Waals surface area contributed by atoms with Gasteiger partial charge in [0.15, 0.2) is 0 Å². The van der Waals surface area contributed by atoms with Crippen molar-refractivity contribution in [2.45, 2.75) is 6.92 Å². The van der Waals surface area contributed by atoms with Crippen molar-refractivity contribution >= 4 is 31.3 Å². The maximum Gasteiger partial charge on any atom is 0.144 e. The van der Waals surface area contributed by atoms with E-state index in [0.717, 1.165) is 27.5 Å². The molecule has 3 rings (SSSR count). The molecule has 0 amide bonds. The summed E-state index contributed by atoms with van der Waals surface area (Å²) in [6.07, 6.45) is 3.48. The molecule has 0 aliphatic rings. The van der Waals surface area contributed by atoms with E-state index in [1.54, 1.807) is 12.4 Å². The summed E-state index contributed by atoms with van der Waals surface area (Å²) in [6.45, 7) is 1.92. The molecule has 0 aromatic carbocycles. The minimum absolute atomic E-state index is 0.471. The fourth-order valence-corrected chi connectivity index (χ4v) is 2.53. The van der Waals surface area contributed by atoms with E-state index < -0.39 is 0 Å². The lowest BCUT2D eigenvalue weighted by Crippen LogP contribution is -1.89. The Morgan fingerprint density at radius 3 is 3.00 bits per heavy atom. The zero-order valence-electron chi connectivity index (χ0n) is 9.18. The van der Waals surface area contributed by atoms with Gasteiger partial charge in [0.1, 0.15) is 17.4 Å². The predicted octanol–water partition coefficient (Wildman–Crippen LogP) is 2.40. The smallest absolute Gasteiger partial charge is 0.144 e. The van der Waals surface area contributed by atoms with Crippen LogP contribution in [0.1, 0.15) is 11.3 Å². The first kappa shape index (κ1) is 10.2. The van der Waals surface area contributed by atoms with Crippen LogP contribution in [0.4, 0.5) is 0 Å². The molecule has 1 atom stereocenters. The number of aromatic nitrogens is 3. The van der Waals surface area contributed by atoms with Gasteiger partial charge < -0.3 is 4.34 Å². The van der Waals surface area contributed by atoms with Crippen LogP contribution >= 0.6 is 9.39 Å². The van der Waals surface area contributed by atoms with Crippen molar-refractivity contribution in [2.75, 3.05) is 0 Å². The van der Waals surface area contributed by atoms with E-state index in [-0.39, 0.29) is 0 Å². The molecule has 1 unspecified atom stereocenters. The summed E-state index contributed by atoms with van der Waals surface area (Å²) in [4.78, 5) is 8.50. The van der Waals surface area contributed by atoms with Gasteiger partial charge in [0.25, 0.3) is 0 Å². The molecule has 0 spiro atoms. The van der Waals surface area contributed by atoms with Crippen molar-refractivity contribution in [1.82, 2.24) is 14.3 Å². The molecule has 0 saturated carbocycles. The zero-order valence-corrected chi connectivity index (χ0v) is 10.3. The van der Waals surface area contributed by atoms with E-state index in [1.807, 2.05) is 23.4 Å². The number of rotatable bonds is 0. The number of fused-ring (bicyclic) bond motifs is 3. The first-order chi connectivity index (χ1) is 8.24. The van der Waals surface area contributed by atoms with E-state index in [9.17, 15) is 0 Å². The molecule has 5 heteroatoms. The van der Waals surface area contributed by atoms with Gasteiger partial charge in [-0.1, -0.05) is 0 Å². The Bertz CT molecular complexity index is 782. The highest BCUT2D eigenvalue weighted by Gasteiger charge is 2.13. The van der Waals surface area contributed by atoms with Crippen LogP contribution in [0.3, 0.4) is 0 Å². The van der Waals surface area contributed by atoms with E-state index in [0.29, 0.717) is 5.69 Å². The Hall–Kier alpha value is -1.98. The lowest BCUT2D eigenvalue weighted by molar-refractivity contribution is 1.22. The molecule has 0 saturated heterocycles. The Balaban J connectivity index is 2.65. The van der Waals surface area contributed by atoms with Crippen molar-refractivity contribution in [2.24, 2.45) is 0 Å². The van der Waals surface area contributed by atoms with Crippen molar-refractivity contribution in [1.29, 1.82) is 5.26 Å². The molecule has 0 aliphatic heterocycles. The van der Waals surface area contributed by atoms with Gasteiger partial charge in [-0.3, -0.25) is 0 Å². The number of hydrogen-bond donors (Lipinski definition) is 0. The molecule has 0 radical (unpaired) electrons. The molecular weight excluding hydrogens is 231 g/mol. The SMILES string of the molecule is Cc1c(C#N)ncc2c1c1cccnc1n2P. The third-order valence-electron chi connectivity index (χ3n) is 2.95. The van der Waals surface area contributed by atoms with Gasteiger partial charge >= 0.3 is 0 Å². The number of nitrogens with zero attached hydrogens (tertiary/aromatic N) is 4. The summed E-state index contributed by atoms with van der Waals surface area (Å²) in [6, 6.07) is 6.03. The zero-order chi connectivity index (χ0) is 12.0. The quantitative estimate of drug-likeness (QED) is 0.567. The Morgan fingerprint density at radius 1 is 1.41 bits per heavy atom. The third-order valence-corrected chi connectivity index (χ3v) is 3.47. The third kappa shape index (κ3) is 1.26. The van der Waals surface area contributed by atoms with Crippen molar-refractivity contribution < 1.29 is 0 Å². The minimum Gasteiger partial charge on any atom is -0.308 e. The average molecular weight is 240 g/mol. The lowest BCUT2D eigenvalue weighted by Gasteiger charge is -1.99. The lowest BCUT2D eigenvalue weighted by atomic mass is 10.1. The maximum absolute atomic E-state index is 9.02. The predicted molar refractivity (Wildman–Crippen MR) is 69.6 cm³/mol. The first-order valence-corrected chi connectivity index (χ1v) is 5.65. The van der Waals surface area contributed by atoms with Gasteiger partial charge in [-0.2, -0.15) is 5.26 Å². The van der Waals surface area contributed by atoms with Crippen LogP contribution in [0, 0.1) is 18.3 Å². The second-order valence-corrected chi connectivity index (χ2v) is 4.36. The fraction of sp³-hybridized carbons (Fsp3) is 0.0833. The van der Waals surface area contributed by atoms with Crippen molar-refractivity contribution in [3.63, 3.8) is 0 Å². The van der Waals surface area contributed by atoms with Crippen LogP contribution in [0.25, 0.3) is 21.9 Å². The van der Waals surface area contributed by atoms with Gasteiger partial charge in [-0.05, 0) is 34.0 Å². The summed E-state index contributed by atoms with van der Waals surface area (Å²) in [5.74, 6) is 0. The van der Waals surface area contributed by atoms with Gasteiger partial charge in [-0.25, -0.2) is 9.97 Å². The molecule has 3 heterocycles.